The maximum absolute atomic E-state index is 5.58. The minimum atomic E-state index is 0.533. The van der Waals surface area contributed by atoms with Crippen molar-refractivity contribution in [2.45, 2.75) is 20.0 Å². The van der Waals surface area contributed by atoms with Crippen molar-refractivity contribution in [1.82, 2.24) is 4.98 Å². The van der Waals surface area contributed by atoms with Gasteiger partial charge in [0.2, 0.25) is 0 Å². The molecule has 0 bridgehead atoms. The predicted octanol–water partition coefficient (Wildman–Crippen LogP) is 2.46. The normalized spacial score (nSPS) is 10.2. The Hall–Kier alpha value is -1.87. The SMILES string of the molecule is Cc1ccc(NCc2cncc(CN)c2)cc1. The molecule has 17 heavy (non-hydrogen) atoms. The molecule has 2 aromatic rings. The van der Waals surface area contributed by atoms with Gasteiger partial charge in [0, 0.05) is 31.2 Å². The highest BCUT2D eigenvalue weighted by atomic mass is 14.9. The predicted molar refractivity (Wildman–Crippen MR) is 70.6 cm³/mol. The number of pyridine rings is 1. The van der Waals surface area contributed by atoms with E-state index in [4.69, 9.17) is 5.73 Å². The van der Waals surface area contributed by atoms with Gasteiger partial charge in [0.25, 0.3) is 0 Å². The van der Waals surface area contributed by atoms with E-state index < -0.39 is 0 Å². The maximum atomic E-state index is 5.58. The van der Waals surface area contributed by atoms with Crippen molar-refractivity contribution >= 4 is 5.69 Å². The van der Waals surface area contributed by atoms with Crippen LogP contribution in [0.15, 0.2) is 42.7 Å². The summed E-state index contributed by atoms with van der Waals surface area (Å²) >= 11 is 0. The quantitative estimate of drug-likeness (QED) is 0.843. The van der Waals surface area contributed by atoms with Crippen LogP contribution < -0.4 is 11.1 Å². The van der Waals surface area contributed by atoms with Crippen molar-refractivity contribution in [3.05, 3.63) is 59.4 Å². The highest BCUT2D eigenvalue weighted by Crippen LogP contribution is 2.10. The topological polar surface area (TPSA) is 50.9 Å². The van der Waals surface area contributed by atoms with Gasteiger partial charge in [-0.05, 0) is 36.2 Å². The average Bonchev–Trinajstić information content (AvgIpc) is 2.38. The van der Waals surface area contributed by atoms with Crippen LogP contribution in [0, 0.1) is 6.92 Å². The smallest absolute Gasteiger partial charge is 0.0416 e. The van der Waals surface area contributed by atoms with Gasteiger partial charge in [-0.2, -0.15) is 0 Å². The van der Waals surface area contributed by atoms with Gasteiger partial charge < -0.3 is 11.1 Å². The molecule has 0 radical (unpaired) electrons. The van der Waals surface area contributed by atoms with Crippen LogP contribution in [-0.2, 0) is 13.1 Å². The first-order valence-corrected chi connectivity index (χ1v) is 5.71. The van der Waals surface area contributed by atoms with Gasteiger partial charge in [0.1, 0.15) is 0 Å². The molecule has 0 atom stereocenters. The second-order valence-corrected chi connectivity index (χ2v) is 4.13. The molecule has 2 rings (SSSR count). The van der Waals surface area contributed by atoms with Crippen LogP contribution in [0.2, 0.25) is 0 Å². The van der Waals surface area contributed by atoms with E-state index in [9.17, 15) is 0 Å². The van der Waals surface area contributed by atoms with Crippen LogP contribution in [-0.4, -0.2) is 4.98 Å². The molecule has 1 heterocycles. The molecule has 3 nitrogen and oxygen atoms in total. The van der Waals surface area contributed by atoms with Crippen molar-refractivity contribution in [3.63, 3.8) is 0 Å². The summed E-state index contributed by atoms with van der Waals surface area (Å²) in [6, 6.07) is 10.4. The molecule has 3 heteroatoms. The lowest BCUT2D eigenvalue weighted by Crippen LogP contribution is -2.02. The summed E-state index contributed by atoms with van der Waals surface area (Å²) in [5, 5.41) is 3.36. The lowest BCUT2D eigenvalue weighted by atomic mass is 10.2. The molecule has 0 fully saturated rings. The van der Waals surface area contributed by atoms with E-state index in [1.807, 2.05) is 6.20 Å². The number of rotatable bonds is 4. The summed E-state index contributed by atoms with van der Waals surface area (Å²) in [5.41, 5.74) is 10.2. The van der Waals surface area contributed by atoms with Crippen LogP contribution in [0.3, 0.4) is 0 Å². The molecule has 0 aliphatic rings. The number of nitrogens with zero attached hydrogens (tertiary/aromatic N) is 1. The fourth-order valence-electron chi connectivity index (χ4n) is 1.63. The van der Waals surface area contributed by atoms with E-state index in [1.165, 1.54) is 5.56 Å². The minimum Gasteiger partial charge on any atom is -0.381 e. The Morgan fingerprint density at radius 2 is 1.82 bits per heavy atom. The summed E-state index contributed by atoms with van der Waals surface area (Å²) in [7, 11) is 0. The second-order valence-electron chi connectivity index (χ2n) is 4.13. The van der Waals surface area contributed by atoms with Crippen molar-refractivity contribution in [1.29, 1.82) is 0 Å². The van der Waals surface area contributed by atoms with E-state index in [0.29, 0.717) is 6.54 Å². The van der Waals surface area contributed by atoms with E-state index in [0.717, 1.165) is 23.4 Å². The largest absolute Gasteiger partial charge is 0.381 e. The van der Waals surface area contributed by atoms with E-state index in [2.05, 4.69) is 47.6 Å². The number of hydrogen-bond donors (Lipinski definition) is 2. The Morgan fingerprint density at radius 1 is 1.12 bits per heavy atom. The van der Waals surface area contributed by atoms with Gasteiger partial charge in [0.05, 0.1) is 0 Å². The van der Waals surface area contributed by atoms with Crippen LogP contribution in [0.5, 0.6) is 0 Å². The number of hydrogen-bond acceptors (Lipinski definition) is 3. The molecule has 0 spiro atoms. The Kier molecular flexibility index (Phi) is 3.73. The number of aromatic nitrogens is 1. The third kappa shape index (κ3) is 3.29. The standard InChI is InChI=1S/C14H17N3/c1-11-2-4-14(5-3-11)17-10-13-6-12(7-15)8-16-9-13/h2-6,8-9,17H,7,10,15H2,1H3. The summed E-state index contributed by atoms with van der Waals surface area (Å²) in [6.07, 6.45) is 3.66. The van der Waals surface area contributed by atoms with Crippen LogP contribution in [0.4, 0.5) is 5.69 Å². The third-order valence-electron chi connectivity index (χ3n) is 2.64. The zero-order valence-electron chi connectivity index (χ0n) is 9.98. The Balaban J connectivity index is 1.99. The van der Waals surface area contributed by atoms with E-state index >= 15 is 0 Å². The number of anilines is 1. The Morgan fingerprint density at radius 3 is 2.53 bits per heavy atom. The molecule has 0 amide bonds. The van der Waals surface area contributed by atoms with Crippen LogP contribution in [0.25, 0.3) is 0 Å². The summed E-state index contributed by atoms with van der Waals surface area (Å²) in [4.78, 5) is 4.16. The number of nitrogens with one attached hydrogen (secondary N) is 1. The molecule has 0 saturated heterocycles. The average molecular weight is 227 g/mol. The Labute approximate surface area is 102 Å². The van der Waals surface area contributed by atoms with Gasteiger partial charge in [-0.1, -0.05) is 17.7 Å². The van der Waals surface area contributed by atoms with E-state index in [-0.39, 0.29) is 0 Å². The molecule has 88 valence electrons. The Bertz CT molecular complexity index is 477. The second kappa shape index (κ2) is 5.46. The summed E-state index contributed by atoms with van der Waals surface area (Å²) < 4.78 is 0. The molecule has 3 N–H and O–H groups in total. The zero-order valence-corrected chi connectivity index (χ0v) is 9.98. The minimum absolute atomic E-state index is 0.533. The van der Waals surface area contributed by atoms with Crippen molar-refractivity contribution in [2.24, 2.45) is 5.73 Å². The van der Waals surface area contributed by atoms with Crippen molar-refractivity contribution in [2.75, 3.05) is 5.32 Å². The molecule has 0 saturated carbocycles. The first-order valence-electron chi connectivity index (χ1n) is 5.71. The van der Waals surface area contributed by atoms with Crippen molar-refractivity contribution in [3.8, 4) is 0 Å². The molecular weight excluding hydrogens is 210 g/mol. The van der Waals surface area contributed by atoms with Crippen molar-refractivity contribution < 1.29 is 0 Å². The van der Waals surface area contributed by atoms with Gasteiger partial charge >= 0.3 is 0 Å². The van der Waals surface area contributed by atoms with Gasteiger partial charge in [-0.3, -0.25) is 4.98 Å². The lowest BCUT2D eigenvalue weighted by molar-refractivity contribution is 1.02. The van der Waals surface area contributed by atoms with Gasteiger partial charge in [-0.25, -0.2) is 0 Å². The molecule has 1 aromatic carbocycles. The zero-order chi connectivity index (χ0) is 12.1. The van der Waals surface area contributed by atoms with Gasteiger partial charge in [-0.15, -0.1) is 0 Å². The summed E-state index contributed by atoms with van der Waals surface area (Å²) in [6.45, 7) is 3.38. The van der Waals surface area contributed by atoms with Crippen LogP contribution in [0.1, 0.15) is 16.7 Å². The third-order valence-corrected chi connectivity index (χ3v) is 2.64. The monoisotopic (exact) mass is 227 g/mol. The molecular formula is C14H17N3. The molecule has 0 aliphatic carbocycles. The lowest BCUT2D eigenvalue weighted by Gasteiger charge is -2.07. The highest BCUT2D eigenvalue weighted by Gasteiger charge is 1.96. The molecule has 0 unspecified atom stereocenters. The number of nitrogens with two attached hydrogens (primary N) is 1. The number of aryl methyl sites for hydroxylation is 1. The molecule has 0 aliphatic heterocycles. The fourth-order valence-corrected chi connectivity index (χ4v) is 1.63. The van der Waals surface area contributed by atoms with Crippen LogP contribution >= 0.6 is 0 Å². The first-order chi connectivity index (χ1) is 8.28. The fraction of sp³-hybridized carbons (Fsp3) is 0.214. The van der Waals surface area contributed by atoms with E-state index in [1.54, 1.807) is 6.20 Å². The highest BCUT2D eigenvalue weighted by molar-refractivity contribution is 5.44. The maximum Gasteiger partial charge on any atom is 0.0416 e. The van der Waals surface area contributed by atoms with Gasteiger partial charge in [0.15, 0.2) is 0 Å². The summed E-state index contributed by atoms with van der Waals surface area (Å²) in [5.74, 6) is 0. The molecule has 1 aromatic heterocycles. The number of benzene rings is 1. The first kappa shape index (κ1) is 11.6.